The summed E-state index contributed by atoms with van der Waals surface area (Å²) in [6.07, 6.45) is 4.26. The number of carbonyl (C=O) groups excluding carboxylic acids is 1. The molecule has 0 aliphatic carbocycles. The van der Waals surface area contributed by atoms with Gasteiger partial charge in [0, 0.05) is 17.7 Å². The van der Waals surface area contributed by atoms with Gasteiger partial charge >= 0.3 is 0 Å². The highest BCUT2D eigenvalue weighted by Gasteiger charge is 2.13. The second-order valence-electron chi connectivity index (χ2n) is 4.60. The Hall–Kier alpha value is -2.44. The summed E-state index contributed by atoms with van der Waals surface area (Å²) in [7, 11) is 0. The van der Waals surface area contributed by atoms with Crippen molar-refractivity contribution in [1.82, 2.24) is 10.9 Å². The van der Waals surface area contributed by atoms with Crippen LogP contribution in [-0.4, -0.2) is 23.2 Å². The third-order valence-corrected chi connectivity index (χ3v) is 3.11. The third-order valence-electron chi connectivity index (χ3n) is 3.11. The molecule has 1 aliphatic heterocycles. The number of hydrogen-bond donors (Lipinski definition) is 3. The lowest BCUT2D eigenvalue weighted by molar-refractivity contribution is -0.460. The number of rotatable bonds is 2. The average molecular weight is 277 g/mol. The fourth-order valence-corrected chi connectivity index (χ4v) is 1.98. The van der Waals surface area contributed by atoms with Crippen molar-refractivity contribution in [1.29, 1.82) is 0 Å². The molecule has 0 bridgehead atoms. The number of nitro groups is 1. The summed E-state index contributed by atoms with van der Waals surface area (Å²) in [6, 6.07) is 5.48. The van der Waals surface area contributed by atoms with E-state index in [1.165, 1.54) is 30.7 Å². The van der Waals surface area contributed by atoms with Gasteiger partial charge in [-0.1, -0.05) is 0 Å². The van der Waals surface area contributed by atoms with Crippen LogP contribution in [0.5, 0.6) is 0 Å². The van der Waals surface area contributed by atoms with Crippen molar-refractivity contribution in [2.24, 2.45) is 0 Å². The van der Waals surface area contributed by atoms with Gasteiger partial charge in [0.05, 0.1) is 17.9 Å². The van der Waals surface area contributed by atoms with Gasteiger partial charge in [-0.15, -0.1) is 0 Å². The molecule has 106 valence electrons. The van der Waals surface area contributed by atoms with E-state index >= 15 is 0 Å². The molecule has 1 amide bonds. The Kier molecular flexibility index (Phi) is 4.65. The summed E-state index contributed by atoms with van der Waals surface area (Å²) in [5.41, 5.74) is 5.80. The lowest BCUT2D eigenvalue weighted by atomic mass is 10.2. The minimum Gasteiger partial charge on any atom is -0.277 e. The van der Waals surface area contributed by atoms with Gasteiger partial charge in [-0.3, -0.25) is 19.9 Å². The van der Waals surface area contributed by atoms with E-state index in [2.05, 4.69) is 15.8 Å². The van der Waals surface area contributed by atoms with Crippen molar-refractivity contribution in [3.05, 3.63) is 39.9 Å². The Morgan fingerprint density at radius 3 is 2.65 bits per heavy atom. The van der Waals surface area contributed by atoms with E-state index in [4.69, 9.17) is 0 Å². The fourth-order valence-electron chi connectivity index (χ4n) is 1.98. The minimum absolute atomic E-state index is 0.0330. The number of hydrazine groups is 1. The highest BCUT2D eigenvalue weighted by molar-refractivity contribution is 5.95. The van der Waals surface area contributed by atoms with Crippen LogP contribution in [-0.2, 0) is 0 Å². The van der Waals surface area contributed by atoms with Gasteiger partial charge in [-0.2, -0.15) is 10.9 Å². The van der Waals surface area contributed by atoms with Crippen LogP contribution in [0.4, 0.5) is 5.69 Å². The SMILES string of the molecule is O=C(NNC1=[NH+]CCCCC1)c1ccc([N+](=O)[O-])cc1. The molecular weight excluding hydrogens is 260 g/mol. The van der Waals surface area contributed by atoms with Crippen molar-refractivity contribution < 1.29 is 14.7 Å². The first-order valence-electron chi connectivity index (χ1n) is 6.57. The Morgan fingerprint density at radius 2 is 1.95 bits per heavy atom. The number of hydrogen-bond acceptors (Lipinski definition) is 4. The van der Waals surface area contributed by atoms with Crippen LogP contribution in [0.25, 0.3) is 0 Å². The Bertz CT molecular complexity index is 525. The second kappa shape index (κ2) is 6.65. The first-order valence-corrected chi connectivity index (χ1v) is 6.57. The molecule has 20 heavy (non-hydrogen) atoms. The molecule has 7 nitrogen and oxygen atoms in total. The molecule has 1 heterocycles. The van der Waals surface area contributed by atoms with Crippen molar-refractivity contribution in [3.8, 4) is 0 Å². The number of benzene rings is 1. The van der Waals surface area contributed by atoms with Crippen LogP contribution in [0.3, 0.4) is 0 Å². The number of nitro benzene ring substituents is 1. The van der Waals surface area contributed by atoms with E-state index in [1.54, 1.807) is 0 Å². The highest BCUT2D eigenvalue weighted by Crippen LogP contribution is 2.11. The van der Waals surface area contributed by atoms with Crippen molar-refractivity contribution in [3.63, 3.8) is 0 Å². The number of non-ortho nitro benzene ring substituents is 1. The Balaban J connectivity index is 1.91. The highest BCUT2D eigenvalue weighted by atomic mass is 16.6. The van der Waals surface area contributed by atoms with Crippen molar-refractivity contribution in [2.45, 2.75) is 25.7 Å². The zero-order chi connectivity index (χ0) is 14.4. The van der Waals surface area contributed by atoms with Gasteiger partial charge in [-0.05, 0) is 31.4 Å². The van der Waals surface area contributed by atoms with Crippen molar-refractivity contribution in [2.75, 3.05) is 6.54 Å². The van der Waals surface area contributed by atoms with Gasteiger partial charge in [0.2, 0.25) is 0 Å². The van der Waals surface area contributed by atoms with E-state index in [9.17, 15) is 14.9 Å². The monoisotopic (exact) mass is 277 g/mol. The van der Waals surface area contributed by atoms with Gasteiger partial charge < -0.3 is 0 Å². The van der Waals surface area contributed by atoms with Crippen LogP contribution < -0.4 is 15.8 Å². The number of nitrogens with zero attached hydrogens (tertiary/aromatic N) is 1. The molecule has 0 atom stereocenters. The zero-order valence-corrected chi connectivity index (χ0v) is 11.0. The molecule has 0 spiro atoms. The number of carbonyl (C=O) groups is 1. The van der Waals surface area contributed by atoms with Crippen LogP contribution in [0.15, 0.2) is 24.3 Å². The predicted molar refractivity (Wildman–Crippen MR) is 73.0 cm³/mol. The minimum atomic E-state index is -0.495. The smallest absolute Gasteiger partial charge is 0.277 e. The largest absolute Gasteiger partial charge is 0.286 e. The maximum absolute atomic E-state index is 11.9. The molecule has 3 N–H and O–H groups in total. The van der Waals surface area contributed by atoms with E-state index < -0.39 is 4.92 Å². The lowest BCUT2D eigenvalue weighted by Gasteiger charge is -2.03. The van der Waals surface area contributed by atoms with E-state index in [0.717, 1.165) is 31.6 Å². The summed E-state index contributed by atoms with van der Waals surface area (Å²) in [6.45, 7) is 0.899. The maximum atomic E-state index is 11.9. The molecule has 0 saturated heterocycles. The molecule has 0 radical (unpaired) electrons. The molecule has 1 aromatic carbocycles. The number of amidine groups is 1. The Labute approximate surface area is 116 Å². The first kappa shape index (κ1) is 14.0. The summed E-state index contributed by atoms with van der Waals surface area (Å²) in [4.78, 5) is 25.1. The molecule has 2 rings (SSSR count). The number of amides is 1. The third kappa shape index (κ3) is 3.78. The summed E-state index contributed by atoms with van der Waals surface area (Å²) >= 11 is 0. The van der Waals surface area contributed by atoms with E-state index in [-0.39, 0.29) is 11.6 Å². The van der Waals surface area contributed by atoms with E-state index in [1.807, 2.05) is 0 Å². The Morgan fingerprint density at radius 1 is 1.20 bits per heavy atom. The molecule has 1 aliphatic rings. The fraction of sp³-hybridized carbons (Fsp3) is 0.385. The average Bonchev–Trinajstić information content (AvgIpc) is 2.73. The van der Waals surface area contributed by atoms with Gasteiger partial charge in [0.1, 0.15) is 0 Å². The summed E-state index contributed by atoms with van der Waals surface area (Å²) in [5, 5.41) is 10.5. The van der Waals surface area contributed by atoms with Crippen LogP contribution >= 0.6 is 0 Å². The molecule has 0 fully saturated rings. The van der Waals surface area contributed by atoms with E-state index in [0.29, 0.717) is 5.56 Å². The first-order chi connectivity index (χ1) is 9.66. The zero-order valence-electron chi connectivity index (χ0n) is 11.0. The number of nitrogens with one attached hydrogen (secondary N) is 3. The quantitative estimate of drug-likeness (QED) is 0.518. The molecule has 0 saturated carbocycles. The summed E-state index contributed by atoms with van der Waals surface area (Å²) < 4.78 is 0. The second-order valence-corrected chi connectivity index (χ2v) is 4.60. The van der Waals surface area contributed by atoms with Gasteiger partial charge in [0.25, 0.3) is 17.4 Å². The summed E-state index contributed by atoms with van der Waals surface area (Å²) in [5.74, 6) is 0.580. The maximum Gasteiger partial charge on any atom is 0.286 e. The molecule has 1 aromatic rings. The van der Waals surface area contributed by atoms with Crippen LogP contribution in [0.1, 0.15) is 36.0 Å². The predicted octanol–water partition coefficient (Wildman–Crippen LogP) is -0.118. The van der Waals surface area contributed by atoms with Crippen LogP contribution in [0.2, 0.25) is 0 Å². The van der Waals surface area contributed by atoms with Crippen molar-refractivity contribution >= 4 is 17.4 Å². The van der Waals surface area contributed by atoms with Gasteiger partial charge in [-0.25, -0.2) is 0 Å². The molecular formula is C13H17N4O3+. The topological polar surface area (TPSA) is 98.2 Å². The van der Waals surface area contributed by atoms with Gasteiger partial charge in [0.15, 0.2) is 0 Å². The normalized spacial score (nSPS) is 14.9. The molecule has 0 aromatic heterocycles. The van der Waals surface area contributed by atoms with Crippen LogP contribution in [0, 0.1) is 10.1 Å². The lowest BCUT2D eigenvalue weighted by Crippen LogP contribution is -2.76. The molecule has 7 heteroatoms. The standard InChI is InChI=1S/C13H16N4O3/c18-13(10-5-7-11(8-6-10)17(19)20)16-15-12-4-2-1-3-9-14-12/h5-8H,1-4,9H2,(H,14,15)(H,16,18)/p+1. The molecule has 0 unspecified atom stereocenters.